The van der Waals surface area contributed by atoms with Crippen molar-refractivity contribution in [2.24, 2.45) is 0 Å². The number of thioether (sulfide) groups is 1. The molecule has 2 aromatic carbocycles. The van der Waals surface area contributed by atoms with Crippen molar-refractivity contribution >= 4 is 33.2 Å². The van der Waals surface area contributed by atoms with Gasteiger partial charge in [0.05, 0.1) is 18.4 Å². The van der Waals surface area contributed by atoms with Gasteiger partial charge in [0.25, 0.3) is 0 Å². The Morgan fingerprint density at radius 1 is 1.13 bits per heavy atom. The molecule has 1 aliphatic heterocycles. The fourth-order valence-electron chi connectivity index (χ4n) is 3.61. The smallest absolute Gasteiger partial charge is 0.422 e. The Kier molecular flexibility index (Phi) is 6.07. The van der Waals surface area contributed by atoms with Crippen LogP contribution in [0.2, 0.25) is 0 Å². The molecule has 0 amide bonds. The number of hydrogen-bond acceptors (Lipinski definition) is 6. The van der Waals surface area contributed by atoms with Gasteiger partial charge in [-0.2, -0.15) is 13.2 Å². The number of fused-ring (bicyclic) bond motifs is 2. The standard InChI is InChI=1S/C22H19F3O4S2/c1-27-17-5-3-4-12(20(17)28-2)8-14-10-16-19(26)15-7-6-13(29-11-22(23,24)25)9-18(15)31-21(16)30-14/h3-7,9,14H,8,10-11H2,1-2H3. The van der Waals surface area contributed by atoms with Gasteiger partial charge in [-0.05, 0) is 42.7 Å². The van der Waals surface area contributed by atoms with Crippen molar-refractivity contribution in [3.8, 4) is 17.2 Å². The molecule has 0 bridgehead atoms. The molecule has 4 rings (SSSR count). The highest BCUT2D eigenvalue weighted by Gasteiger charge is 2.30. The monoisotopic (exact) mass is 468 g/mol. The number of benzene rings is 2. The highest BCUT2D eigenvalue weighted by molar-refractivity contribution is 8.02. The fraction of sp³-hybridized carbons (Fsp3) is 0.318. The molecule has 4 nitrogen and oxygen atoms in total. The van der Waals surface area contributed by atoms with Gasteiger partial charge in [-0.15, -0.1) is 23.1 Å². The molecule has 0 saturated carbocycles. The first-order valence-corrected chi connectivity index (χ1v) is 11.1. The van der Waals surface area contributed by atoms with Gasteiger partial charge in [-0.3, -0.25) is 4.79 Å². The zero-order chi connectivity index (χ0) is 22.2. The van der Waals surface area contributed by atoms with Crippen LogP contribution in [0.3, 0.4) is 0 Å². The first-order chi connectivity index (χ1) is 14.8. The normalized spacial score (nSPS) is 15.7. The summed E-state index contributed by atoms with van der Waals surface area (Å²) in [6.07, 6.45) is -3.09. The molecular formula is C22H19F3O4S2. The molecule has 0 N–H and O–H groups in total. The predicted octanol–water partition coefficient (Wildman–Crippen LogP) is 5.48. The Balaban J connectivity index is 1.59. The molecule has 0 radical (unpaired) electrons. The molecule has 0 aliphatic carbocycles. The van der Waals surface area contributed by atoms with Crippen LogP contribution < -0.4 is 19.6 Å². The summed E-state index contributed by atoms with van der Waals surface area (Å²) in [5.74, 6) is 1.44. The lowest BCUT2D eigenvalue weighted by Crippen LogP contribution is -2.19. The minimum atomic E-state index is -4.41. The Morgan fingerprint density at radius 3 is 2.65 bits per heavy atom. The summed E-state index contributed by atoms with van der Waals surface area (Å²) in [6.45, 7) is -1.36. The van der Waals surface area contributed by atoms with Crippen molar-refractivity contribution < 1.29 is 27.4 Å². The van der Waals surface area contributed by atoms with Gasteiger partial charge in [0.2, 0.25) is 0 Å². The summed E-state index contributed by atoms with van der Waals surface area (Å²) in [5, 5.41) is 0.654. The van der Waals surface area contributed by atoms with Crippen molar-refractivity contribution in [2.45, 2.75) is 28.5 Å². The quantitative estimate of drug-likeness (QED) is 0.480. The Labute approximate surface area is 184 Å². The van der Waals surface area contributed by atoms with Crippen LogP contribution >= 0.6 is 23.1 Å². The predicted molar refractivity (Wildman–Crippen MR) is 116 cm³/mol. The van der Waals surface area contributed by atoms with E-state index in [9.17, 15) is 18.0 Å². The van der Waals surface area contributed by atoms with Gasteiger partial charge >= 0.3 is 6.18 Å². The first-order valence-electron chi connectivity index (χ1n) is 9.45. The topological polar surface area (TPSA) is 44.8 Å². The average Bonchev–Trinajstić information content (AvgIpc) is 3.14. The minimum Gasteiger partial charge on any atom is -0.493 e. The second-order valence-corrected chi connectivity index (χ2v) is 9.68. The van der Waals surface area contributed by atoms with E-state index in [0.29, 0.717) is 34.4 Å². The lowest BCUT2D eigenvalue weighted by molar-refractivity contribution is -0.153. The number of rotatable bonds is 6. The van der Waals surface area contributed by atoms with E-state index in [1.165, 1.54) is 23.5 Å². The van der Waals surface area contributed by atoms with Gasteiger partial charge in [0.15, 0.2) is 23.5 Å². The third kappa shape index (κ3) is 4.62. The lowest BCUT2D eigenvalue weighted by Gasteiger charge is -2.14. The molecule has 9 heteroatoms. The number of methoxy groups -OCH3 is 2. The van der Waals surface area contributed by atoms with Crippen LogP contribution in [0.1, 0.15) is 11.1 Å². The van der Waals surface area contributed by atoms with E-state index in [1.54, 1.807) is 32.0 Å². The molecule has 1 aliphatic rings. The number of alkyl halides is 3. The van der Waals surface area contributed by atoms with E-state index < -0.39 is 12.8 Å². The first kappa shape index (κ1) is 21.8. The largest absolute Gasteiger partial charge is 0.493 e. The van der Waals surface area contributed by atoms with Crippen molar-refractivity contribution in [3.05, 3.63) is 57.7 Å². The van der Waals surface area contributed by atoms with Crippen molar-refractivity contribution in [1.29, 1.82) is 0 Å². The van der Waals surface area contributed by atoms with E-state index in [1.807, 2.05) is 18.2 Å². The van der Waals surface area contributed by atoms with E-state index in [-0.39, 0.29) is 16.4 Å². The van der Waals surface area contributed by atoms with Gasteiger partial charge < -0.3 is 14.2 Å². The molecular weight excluding hydrogens is 449 g/mol. The molecule has 2 heterocycles. The maximum atomic E-state index is 13.0. The number of ether oxygens (including phenoxy) is 3. The van der Waals surface area contributed by atoms with Gasteiger partial charge in [0.1, 0.15) is 5.75 Å². The molecule has 0 fully saturated rings. The van der Waals surface area contributed by atoms with Crippen LogP contribution in [0.15, 0.2) is 45.4 Å². The second kappa shape index (κ2) is 8.63. The summed E-state index contributed by atoms with van der Waals surface area (Å²) >= 11 is 3.03. The van der Waals surface area contributed by atoms with Crippen LogP contribution in [0.25, 0.3) is 10.1 Å². The molecule has 0 saturated heterocycles. The van der Waals surface area contributed by atoms with Gasteiger partial charge in [-0.25, -0.2) is 0 Å². The highest BCUT2D eigenvalue weighted by atomic mass is 32.2. The fourth-order valence-corrected chi connectivity index (χ4v) is 6.56. The number of halogens is 3. The molecule has 31 heavy (non-hydrogen) atoms. The lowest BCUT2D eigenvalue weighted by atomic mass is 10.0. The zero-order valence-corrected chi connectivity index (χ0v) is 18.4. The van der Waals surface area contributed by atoms with E-state index >= 15 is 0 Å². The second-order valence-electron chi connectivity index (χ2n) is 7.06. The maximum absolute atomic E-state index is 13.0. The third-order valence-electron chi connectivity index (χ3n) is 4.96. The van der Waals surface area contributed by atoms with E-state index in [2.05, 4.69) is 0 Å². The molecule has 1 aromatic heterocycles. The van der Waals surface area contributed by atoms with Crippen LogP contribution in [-0.4, -0.2) is 32.3 Å². The van der Waals surface area contributed by atoms with Crippen molar-refractivity contribution in [1.82, 2.24) is 0 Å². The Morgan fingerprint density at radius 2 is 1.94 bits per heavy atom. The SMILES string of the molecule is COc1cccc(CC2Cc3c(sc4cc(OCC(F)(F)F)ccc4c3=O)S2)c1OC. The maximum Gasteiger partial charge on any atom is 0.422 e. The molecule has 164 valence electrons. The third-order valence-corrected chi connectivity index (χ3v) is 7.62. The highest BCUT2D eigenvalue weighted by Crippen LogP contribution is 2.44. The Bertz CT molecular complexity index is 1170. The van der Waals surface area contributed by atoms with Crippen LogP contribution in [0.5, 0.6) is 17.2 Å². The van der Waals surface area contributed by atoms with E-state index in [0.717, 1.165) is 15.3 Å². The van der Waals surface area contributed by atoms with Crippen molar-refractivity contribution in [3.63, 3.8) is 0 Å². The summed E-state index contributed by atoms with van der Waals surface area (Å²) in [4.78, 5) is 13.0. The van der Waals surface area contributed by atoms with Crippen LogP contribution in [0, 0.1) is 0 Å². The van der Waals surface area contributed by atoms with Gasteiger partial charge in [0, 0.05) is 20.9 Å². The van der Waals surface area contributed by atoms with Crippen molar-refractivity contribution in [2.75, 3.05) is 20.8 Å². The summed E-state index contributed by atoms with van der Waals surface area (Å²) < 4.78 is 54.5. The van der Waals surface area contributed by atoms with Crippen LogP contribution in [-0.2, 0) is 12.8 Å². The molecule has 3 aromatic rings. The van der Waals surface area contributed by atoms with Crippen LogP contribution in [0.4, 0.5) is 13.2 Å². The molecule has 1 unspecified atom stereocenters. The van der Waals surface area contributed by atoms with Gasteiger partial charge in [-0.1, -0.05) is 12.1 Å². The molecule has 0 spiro atoms. The summed E-state index contributed by atoms with van der Waals surface area (Å²) in [6, 6.07) is 10.2. The summed E-state index contributed by atoms with van der Waals surface area (Å²) in [5.41, 5.74) is 1.69. The number of para-hydroxylation sites is 1. The summed E-state index contributed by atoms with van der Waals surface area (Å²) in [7, 11) is 3.19. The minimum absolute atomic E-state index is 0.0706. The zero-order valence-electron chi connectivity index (χ0n) is 16.7. The average molecular weight is 469 g/mol. The number of hydrogen-bond donors (Lipinski definition) is 0. The molecule has 1 atom stereocenters. The van der Waals surface area contributed by atoms with E-state index in [4.69, 9.17) is 14.2 Å². The Hall–Kier alpha value is -2.39.